The number of carbonyl (C=O) groups excluding carboxylic acids is 1. The lowest BCUT2D eigenvalue weighted by molar-refractivity contribution is -0.121. The van der Waals surface area contributed by atoms with E-state index in [0.717, 1.165) is 11.4 Å². The standard InChI is InChI=1S/C15H16ClFN2O2S/c1-2-15-18-10(8-22-15)6-14(21)19-13(7-20)9-3-4-11(16)12(17)5-9/h3-5,8,13,20H,2,6-7H2,1H3,(H,19,21). The molecule has 0 aliphatic carbocycles. The third kappa shape index (κ3) is 4.25. The third-order valence-electron chi connectivity index (χ3n) is 3.11. The number of amides is 1. The number of aliphatic hydroxyl groups excluding tert-OH is 1. The molecule has 1 unspecified atom stereocenters. The number of hydrogen-bond acceptors (Lipinski definition) is 4. The molecule has 0 fully saturated rings. The van der Waals surface area contributed by atoms with E-state index in [4.69, 9.17) is 11.6 Å². The van der Waals surface area contributed by atoms with Crippen LogP contribution in [0.15, 0.2) is 23.6 Å². The highest BCUT2D eigenvalue weighted by atomic mass is 35.5. The van der Waals surface area contributed by atoms with Crippen LogP contribution in [0.25, 0.3) is 0 Å². The lowest BCUT2D eigenvalue weighted by Gasteiger charge is -2.16. The van der Waals surface area contributed by atoms with Crippen LogP contribution < -0.4 is 5.32 Å². The minimum Gasteiger partial charge on any atom is -0.394 e. The first-order valence-corrected chi connectivity index (χ1v) is 8.07. The van der Waals surface area contributed by atoms with Crippen molar-refractivity contribution < 1.29 is 14.3 Å². The molecule has 2 aromatic rings. The van der Waals surface area contributed by atoms with Gasteiger partial charge in [0.25, 0.3) is 0 Å². The van der Waals surface area contributed by atoms with Crippen molar-refractivity contribution in [1.29, 1.82) is 0 Å². The Morgan fingerprint density at radius 1 is 1.55 bits per heavy atom. The first-order chi connectivity index (χ1) is 10.5. The average Bonchev–Trinajstić information content (AvgIpc) is 2.95. The van der Waals surface area contributed by atoms with Crippen molar-refractivity contribution in [2.24, 2.45) is 0 Å². The number of aliphatic hydroxyl groups is 1. The largest absolute Gasteiger partial charge is 0.394 e. The van der Waals surface area contributed by atoms with Gasteiger partial charge in [0.2, 0.25) is 5.91 Å². The Morgan fingerprint density at radius 2 is 2.32 bits per heavy atom. The third-order valence-corrected chi connectivity index (χ3v) is 4.46. The first kappa shape index (κ1) is 16.9. The zero-order valence-corrected chi connectivity index (χ0v) is 13.5. The molecule has 1 amide bonds. The van der Waals surface area contributed by atoms with E-state index in [9.17, 15) is 14.3 Å². The van der Waals surface area contributed by atoms with Crippen LogP contribution >= 0.6 is 22.9 Å². The molecule has 2 rings (SSSR count). The van der Waals surface area contributed by atoms with Crippen molar-refractivity contribution in [2.75, 3.05) is 6.61 Å². The van der Waals surface area contributed by atoms with Crippen LogP contribution in [-0.2, 0) is 17.6 Å². The normalized spacial score (nSPS) is 12.2. The lowest BCUT2D eigenvalue weighted by Crippen LogP contribution is -2.32. The molecule has 1 aromatic carbocycles. The monoisotopic (exact) mass is 342 g/mol. The number of hydrogen-bond donors (Lipinski definition) is 2. The molecule has 7 heteroatoms. The van der Waals surface area contributed by atoms with Crippen molar-refractivity contribution >= 4 is 28.8 Å². The fourth-order valence-electron chi connectivity index (χ4n) is 1.97. The topological polar surface area (TPSA) is 62.2 Å². The van der Waals surface area contributed by atoms with E-state index < -0.39 is 11.9 Å². The summed E-state index contributed by atoms with van der Waals surface area (Å²) in [6.07, 6.45) is 0.957. The predicted molar refractivity (Wildman–Crippen MR) is 84.6 cm³/mol. The molecule has 0 spiro atoms. The second kappa shape index (κ2) is 7.67. The van der Waals surface area contributed by atoms with E-state index >= 15 is 0 Å². The molecule has 0 radical (unpaired) electrons. The molecule has 0 aliphatic heterocycles. The Kier molecular flexibility index (Phi) is 5.88. The number of aromatic nitrogens is 1. The molecular formula is C15H16ClFN2O2S. The SMILES string of the molecule is CCc1nc(CC(=O)NC(CO)c2ccc(Cl)c(F)c2)cs1. The fourth-order valence-corrected chi connectivity index (χ4v) is 2.83. The Bertz CT molecular complexity index is 663. The Labute approximate surface area is 137 Å². The molecule has 1 atom stereocenters. The van der Waals surface area contributed by atoms with E-state index in [1.54, 1.807) is 6.07 Å². The van der Waals surface area contributed by atoms with Crippen LogP contribution in [-0.4, -0.2) is 22.6 Å². The van der Waals surface area contributed by atoms with Crippen molar-refractivity contribution in [3.8, 4) is 0 Å². The summed E-state index contributed by atoms with van der Waals surface area (Å²) in [5.74, 6) is -0.860. The van der Waals surface area contributed by atoms with Crippen molar-refractivity contribution in [2.45, 2.75) is 25.8 Å². The number of nitrogens with one attached hydrogen (secondary N) is 1. The average molecular weight is 343 g/mol. The van der Waals surface area contributed by atoms with Gasteiger partial charge in [-0.2, -0.15) is 0 Å². The summed E-state index contributed by atoms with van der Waals surface area (Å²) in [5, 5.41) is 14.9. The van der Waals surface area contributed by atoms with E-state index in [2.05, 4.69) is 10.3 Å². The number of carbonyl (C=O) groups is 1. The van der Waals surface area contributed by atoms with Gasteiger partial charge in [0.15, 0.2) is 0 Å². The highest BCUT2D eigenvalue weighted by molar-refractivity contribution is 7.09. The van der Waals surface area contributed by atoms with Gasteiger partial charge in [0.1, 0.15) is 5.82 Å². The lowest BCUT2D eigenvalue weighted by atomic mass is 10.1. The number of rotatable bonds is 6. The Balaban J connectivity index is 2.02. The zero-order chi connectivity index (χ0) is 16.1. The number of thiazole rings is 1. The molecule has 0 saturated carbocycles. The van der Waals surface area contributed by atoms with E-state index in [1.807, 2.05) is 12.3 Å². The molecule has 1 aromatic heterocycles. The van der Waals surface area contributed by atoms with Crippen LogP contribution in [0.3, 0.4) is 0 Å². The molecule has 0 aliphatic rings. The fraction of sp³-hybridized carbons (Fsp3) is 0.333. The highest BCUT2D eigenvalue weighted by Crippen LogP contribution is 2.20. The summed E-state index contributed by atoms with van der Waals surface area (Å²) in [7, 11) is 0. The molecule has 118 valence electrons. The van der Waals surface area contributed by atoms with E-state index in [-0.39, 0.29) is 24.0 Å². The molecule has 0 bridgehead atoms. The minimum atomic E-state index is -0.677. The maximum absolute atomic E-state index is 13.5. The van der Waals surface area contributed by atoms with Crippen LogP contribution in [0.2, 0.25) is 5.02 Å². The maximum Gasteiger partial charge on any atom is 0.226 e. The second-order valence-corrected chi connectivity index (χ2v) is 6.09. The number of nitrogens with zero attached hydrogens (tertiary/aromatic N) is 1. The smallest absolute Gasteiger partial charge is 0.226 e. The van der Waals surface area contributed by atoms with Gasteiger partial charge in [-0.15, -0.1) is 11.3 Å². The molecule has 1 heterocycles. The van der Waals surface area contributed by atoms with Gasteiger partial charge in [0, 0.05) is 5.38 Å². The minimum absolute atomic E-state index is 0.00124. The number of benzene rings is 1. The molecular weight excluding hydrogens is 327 g/mol. The predicted octanol–water partition coefficient (Wildman–Crippen LogP) is 2.89. The quantitative estimate of drug-likeness (QED) is 0.848. The molecule has 4 nitrogen and oxygen atoms in total. The summed E-state index contributed by atoms with van der Waals surface area (Å²) in [6, 6.07) is 3.50. The summed E-state index contributed by atoms with van der Waals surface area (Å²) in [5.41, 5.74) is 1.16. The van der Waals surface area contributed by atoms with Gasteiger partial charge in [-0.05, 0) is 24.1 Å². The van der Waals surface area contributed by atoms with Crippen molar-refractivity contribution in [1.82, 2.24) is 10.3 Å². The van der Waals surface area contributed by atoms with E-state index in [0.29, 0.717) is 11.3 Å². The maximum atomic E-state index is 13.5. The molecule has 0 saturated heterocycles. The van der Waals surface area contributed by atoms with Gasteiger partial charge in [0.05, 0.1) is 34.8 Å². The van der Waals surface area contributed by atoms with Crippen molar-refractivity contribution in [3.63, 3.8) is 0 Å². The van der Waals surface area contributed by atoms with Gasteiger partial charge in [-0.25, -0.2) is 9.37 Å². The Morgan fingerprint density at radius 3 is 2.91 bits per heavy atom. The van der Waals surface area contributed by atoms with Crippen LogP contribution in [0.1, 0.15) is 29.2 Å². The van der Waals surface area contributed by atoms with Gasteiger partial charge in [-0.3, -0.25) is 4.79 Å². The summed E-state index contributed by atoms with van der Waals surface area (Å²) >= 11 is 7.14. The summed E-state index contributed by atoms with van der Waals surface area (Å²) in [6.45, 7) is 1.67. The molecule has 2 N–H and O–H groups in total. The summed E-state index contributed by atoms with van der Waals surface area (Å²) in [4.78, 5) is 16.3. The number of aryl methyl sites for hydroxylation is 1. The molecule has 22 heavy (non-hydrogen) atoms. The highest BCUT2D eigenvalue weighted by Gasteiger charge is 2.16. The van der Waals surface area contributed by atoms with Gasteiger partial charge < -0.3 is 10.4 Å². The second-order valence-electron chi connectivity index (χ2n) is 4.74. The zero-order valence-electron chi connectivity index (χ0n) is 12.0. The first-order valence-electron chi connectivity index (χ1n) is 6.82. The van der Waals surface area contributed by atoms with E-state index in [1.165, 1.54) is 23.5 Å². The van der Waals surface area contributed by atoms with Gasteiger partial charge in [-0.1, -0.05) is 24.6 Å². The van der Waals surface area contributed by atoms with Crippen LogP contribution in [0, 0.1) is 5.82 Å². The Hall–Kier alpha value is -1.50. The number of halogens is 2. The van der Waals surface area contributed by atoms with Crippen LogP contribution in [0.5, 0.6) is 0 Å². The van der Waals surface area contributed by atoms with Crippen molar-refractivity contribution in [3.05, 3.63) is 50.7 Å². The summed E-state index contributed by atoms with van der Waals surface area (Å²) < 4.78 is 13.5. The van der Waals surface area contributed by atoms with Gasteiger partial charge >= 0.3 is 0 Å². The van der Waals surface area contributed by atoms with Crippen LogP contribution in [0.4, 0.5) is 4.39 Å².